The summed E-state index contributed by atoms with van der Waals surface area (Å²) in [5, 5.41) is 17.6. The Morgan fingerprint density at radius 1 is 1.06 bits per heavy atom. The molecule has 0 amide bonds. The molecule has 1 rings (SSSR count). The van der Waals surface area contributed by atoms with E-state index in [2.05, 4.69) is 0 Å². The van der Waals surface area contributed by atoms with Gasteiger partial charge in [0.05, 0.1) is 7.05 Å². The van der Waals surface area contributed by atoms with Crippen molar-refractivity contribution in [1.82, 2.24) is 4.48 Å². The average molecular weight is 224 g/mol. The fourth-order valence-corrected chi connectivity index (χ4v) is 1.62. The van der Waals surface area contributed by atoms with Crippen molar-refractivity contribution in [3.63, 3.8) is 0 Å². The Morgan fingerprint density at radius 2 is 1.50 bits per heavy atom. The molecule has 0 radical (unpaired) electrons. The second-order valence-electron chi connectivity index (χ2n) is 3.84. The van der Waals surface area contributed by atoms with Crippen molar-refractivity contribution in [2.24, 2.45) is 0 Å². The van der Waals surface area contributed by atoms with Crippen molar-refractivity contribution >= 4 is 17.6 Å². The fourth-order valence-electron chi connectivity index (χ4n) is 1.62. The van der Waals surface area contributed by atoms with Crippen molar-refractivity contribution in [3.05, 3.63) is 30.3 Å². The first-order chi connectivity index (χ1) is 7.44. The van der Waals surface area contributed by atoms with Crippen molar-refractivity contribution in [2.75, 3.05) is 20.1 Å². The number of aliphatic carboxylic acids is 2. The van der Waals surface area contributed by atoms with E-state index in [0.717, 1.165) is 0 Å². The minimum absolute atomic E-state index is 0.147. The maximum Gasteiger partial charge on any atom is 0.359 e. The van der Waals surface area contributed by atoms with Gasteiger partial charge >= 0.3 is 11.9 Å². The van der Waals surface area contributed by atoms with Gasteiger partial charge < -0.3 is 10.2 Å². The molecule has 0 unspecified atom stereocenters. The number of carboxylic acids is 2. The first-order valence-electron chi connectivity index (χ1n) is 4.78. The highest BCUT2D eigenvalue weighted by Gasteiger charge is 2.30. The van der Waals surface area contributed by atoms with Crippen LogP contribution in [0, 0.1) is 0 Å². The van der Waals surface area contributed by atoms with Gasteiger partial charge in [-0.25, -0.2) is 9.59 Å². The highest BCUT2D eigenvalue weighted by Crippen LogP contribution is 2.19. The van der Waals surface area contributed by atoms with Crippen LogP contribution in [-0.2, 0) is 9.59 Å². The molecule has 0 aromatic heterocycles. The topological polar surface area (TPSA) is 74.6 Å². The molecule has 0 fully saturated rings. The van der Waals surface area contributed by atoms with Gasteiger partial charge in [0, 0.05) is 0 Å². The van der Waals surface area contributed by atoms with Gasteiger partial charge in [-0.1, -0.05) is 18.2 Å². The third-order valence-corrected chi connectivity index (χ3v) is 2.35. The van der Waals surface area contributed by atoms with E-state index >= 15 is 0 Å². The lowest BCUT2D eigenvalue weighted by Gasteiger charge is -2.30. The number of hydrogen-bond donors (Lipinski definition) is 2. The molecule has 0 bridgehead atoms. The minimum Gasteiger partial charge on any atom is -0.477 e. The van der Waals surface area contributed by atoms with Crippen LogP contribution in [-0.4, -0.2) is 42.3 Å². The van der Waals surface area contributed by atoms with E-state index in [1.807, 2.05) is 0 Å². The lowest BCUT2D eigenvalue weighted by molar-refractivity contribution is -0.140. The van der Waals surface area contributed by atoms with Crippen LogP contribution in [0.1, 0.15) is 0 Å². The van der Waals surface area contributed by atoms with E-state index in [1.54, 1.807) is 37.4 Å². The summed E-state index contributed by atoms with van der Waals surface area (Å²) < 4.78 is -0.147. The highest BCUT2D eigenvalue weighted by molar-refractivity contribution is 5.77. The summed E-state index contributed by atoms with van der Waals surface area (Å²) in [5.74, 6) is -2.04. The van der Waals surface area contributed by atoms with Gasteiger partial charge in [-0.05, 0) is 12.1 Å². The summed E-state index contributed by atoms with van der Waals surface area (Å²) in [6, 6.07) is 8.78. The van der Waals surface area contributed by atoms with Crippen LogP contribution in [0.4, 0.5) is 5.69 Å². The number of benzene rings is 1. The molecule has 5 nitrogen and oxygen atoms in total. The fraction of sp³-hybridized carbons (Fsp3) is 0.273. The smallest absolute Gasteiger partial charge is 0.359 e. The van der Waals surface area contributed by atoms with Gasteiger partial charge in [-0.15, -0.1) is 0 Å². The molecular weight excluding hydrogens is 210 g/mol. The van der Waals surface area contributed by atoms with E-state index in [1.165, 1.54) is 0 Å². The molecule has 0 spiro atoms. The number of para-hydroxylation sites is 1. The number of carboxylic acid groups (broad SMARTS) is 2. The molecule has 86 valence electrons. The second-order valence-corrected chi connectivity index (χ2v) is 3.84. The third kappa shape index (κ3) is 3.06. The predicted molar refractivity (Wildman–Crippen MR) is 59.2 cm³/mol. The Morgan fingerprint density at radius 3 is 1.88 bits per heavy atom. The van der Waals surface area contributed by atoms with Gasteiger partial charge in [0.2, 0.25) is 0 Å². The van der Waals surface area contributed by atoms with Gasteiger partial charge in [0.15, 0.2) is 13.1 Å². The van der Waals surface area contributed by atoms with Crippen molar-refractivity contribution in [2.45, 2.75) is 0 Å². The van der Waals surface area contributed by atoms with Gasteiger partial charge in [-0.2, -0.15) is 0 Å². The summed E-state index contributed by atoms with van der Waals surface area (Å²) in [6.07, 6.45) is 0. The first kappa shape index (κ1) is 12.2. The third-order valence-electron chi connectivity index (χ3n) is 2.35. The van der Waals surface area contributed by atoms with Crippen molar-refractivity contribution in [3.8, 4) is 0 Å². The Hall–Kier alpha value is -1.88. The molecule has 0 saturated carbocycles. The Labute approximate surface area is 93.1 Å². The SMILES string of the molecule is C[N+](CC(=O)O)(CC(=O)O)c1ccccc1. The van der Waals surface area contributed by atoms with Crippen LogP contribution in [0.15, 0.2) is 30.3 Å². The lowest BCUT2D eigenvalue weighted by Crippen LogP contribution is -2.52. The monoisotopic (exact) mass is 224 g/mol. The van der Waals surface area contributed by atoms with Crippen LogP contribution >= 0.6 is 0 Å². The normalized spacial score (nSPS) is 11.1. The van der Waals surface area contributed by atoms with E-state index in [-0.39, 0.29) is 17.6 Å². The number of quaternary nitrogens is 1. The molecule has 0 heterocycles. The molecule has 1 aromatic rings. The quantitative estimate of drug-likeness (QED) is 0.725. The molecule has 0 aliphatic rings. The average Bonchev–Trinajstić information content (AvgIpc) is 2.16. The number of likely N-dealkylation sites (N-methyl/N-ethyl adjacent to an activating group) is 1. The molecule has 1 aromatic carbocycles. The van der Waals surface area contributed by atoms with Crippen LogP contribution in [0.3, 0.4) is 0 Å². The van der Waals surface area contributed by atoms with Gasteiger partial charge in [-0.3, -0.25) is 4.48 Å². The lowest BCUT2D eigenvalue weighted by atomic mass is 10.2. The molecule has 16 heavy (non-hydrogen) atoms. The van der Waals surface area contributed by atoms with E-state index in [0.29, 0.717) is 5.69 Å². The van der Waals surface area contributed by atoms with Crippen molar-refractivity contribution < 1.29 is 19.8 Å². The number of hydrogen-bond acceptors (Lipinski definition) is 2. The van der Waals surface area contributed by atoms with Crippen LogP contribution < -0.4 is 4.48 Å². The Balaban J connectivity index is 3.04. The van der Waals surface area contributed by atoms with Crippen molar-refractivity contribution in [1.29, 1.82) is 0 Å². The summed E-state index contributed by atoms with van der Waals surface area (Å²) in [7, 11) is 1.59. The maximum atomic E-state index is 10.8. The number of nitrogens with zero attached hydrogens (tertiary/aromatic N) is 1. The van der Waals surface area contributed by atoms with E-state index in [9.17, 15) is 9.59 Å². The molecular formula is C11H14NO4+. The van der Waals surface area contributed by atoms with E-state index < -0.39 is 11.9 Å². The van der Waals surface area contributed by atoms with Crippen LogP contribution in [0.2, 0.25) is 0 Å². The summed E-state index contributed by atoms with van der Waals surface area (Å²) in [6.45, 7) is -0.507. The zero-order valence-corrected chi connectivity index (χ0v) is 8.96. The van der Waals surface area contributed by atoms with Crippen LogP contribution in [0.25, 0.3) is 0 Å². The zero-order valence-electron chi connectivity index (χ0n) is 8.96. The largest absolute Gasteiger partial charge is 0.477 e. The first-order valence-corrected chi connectivity index (χ1v) is 4.78. The Bertz CT molecular complexity index is 372. The number of carbonyl (C=O) groups is 2. The summed E-state index contributed by atoms with van der Waals surface area (Å²) in [5.41, 5.74) is 0.673. The standard InChI is InChI=1S/C11H13NO4/c1-12(7-10(13)14,8-11(15)16)9-5-3-2-4-6-9/h2-6H,7-8H2,1H3,(H-,13,14,15,16)/p+1. The zero-order chi connectivity index (χ0) is 12.2. The summed E-state index contributed by atoms with van der Waals surface area (Å²) in [4.78, 5) is 21.5. The summed E-state index contributed by atoms with van der Waals surface area (Å²) >= 11 is 0. The van der Waals surface area contributed by atoms with Gasteiger partial charge in [0.25, 0.3) is 0 Å². The second kappa shape index (κ2) is 4.76. The highest BCUT2D eigenvalue weighted by atomic mass is 16.4. The molecule has 0 aliphatic carbocycles. The Kier molecular flexibility index (Phi) is 3.63. The molecule has 0 saturated heterocycles. The minimum atomic E-state index is -1.02. The number of rotatable bonds is 5. The van der Waals surface area contributed by atoms with E-state index in [4.69, 9.17) is 10.2 Å². The van der Waals surface area contributed by atoms with Crippen LogP contribution in [0.5, 0.6) is 0 Å². The molecule has 5 heteroatoms. The molecule has 0 aliphatic heterocycles. The maximum absolute atomic E-state index is 10.8. The van der Waals surface area contributed by atoms with Gasteiger partial charge in [0.1, 0.15) is 5.69 Å². The molecule has 2 N–H and O–H groups in total. The molecule has 0 atom stereocenters. The predicted octanol–water partition coefficient (Wildman–Crippen LogP) is 0.793.